The molecule has 35 heavy (non-hydrogen) atoms. The monoisotopic (exact) mass is 465 g/mol. The highest BCUT2D eigenvalue weighted by atomic mass is 16.1. The minimum Gasteiger partial charge on any atom is -0.349 e. The molecule has 0 spiro atoms. The maximum absolute atomic E-state index is 13.2. The van der Waals surface area contributed by atoms with Crippen LogP contribution in [-0.2, 0) is 6.54 Å². The molecule has 176 valence electrons. The Balaban J connectivity index is 1.17. The van der Waals surface area contributed by atoms with E-state index >= 15 is 0 Å². The van der Waals surface area contributed by atoms with Gasteiger partial charge >= 0.3 is 0 Å². The van der Waals surface area contributed by atoms with Gasteiger partial charge in [-0.05, 0) is 74.6 Å². The Morgan fingerprint density at radius 1 is 1.11 bits per heavy atom. The lowest BCUT2D eigenvalue weighted by atomic mass is 9.85. The van der Waals surface area contributed by atoms with Gasteiger partial charge in [0, 0.05) is 47.2 Å². The van der Waals surface area contributed by atoms with E-state index in [-0.39, 0.29) is 11.9 Å². The molecule has 0 bridgehead atoms. The predicted molar refractivity (Wildman–Crippen MR) is 135 cm³/mol. The highest BCUT2D eigenvalue weighted by molar-refractivity contribution is 6.01. The lowest BCUT2D eigenvalue weighted by Crippen LogP contribution is -2.39. The summed E-state index contributed by atoms with van der Waals surface area (Å²) in [6.45, 7) is 2.83. The number of nitrogens with zero attached hydrogens (tertiary/aromatic N) is 5. The van der Waals surface area contributed by atoms with Crippen LogP contribution in [0, 0.1) is 12.8 Å². The number of benzene rings is 1. The number of amides is 1. The molecule has 1 fully saturated rings. The summed E-state index contributed by atoms with van der Waals surface area (Å²) in [5.74, 6) is 0.441. The van der Waals surface area contributed by atoms with Crippen LogP contribution in [0.1, 0.15) is 41.7 Å². The topological polar surface area (TPSA) is 101 Å². The van der Waals surface area contributed by atoms with Gasteiger partial charge in [0.2, 0.25) is 0 Å². The van der Waals surface area contributed by atoms with Crippen LogP contribution in [0.25, 0.3) is 33.3 Å². The molecule has 4 aromatic heterocycles. The van der Waals surface area contributed by atoms with E-state index in [0.717, 1.165) is 71.2 Å². The van der Waals surface area contributed by atoms with Crippen molar-refractivity contribution in [1.82, 2.24) is 35.0 Å². The van der Waals surface area contributed by atoms with Crippen LogP contribution in [-0.4, -0.2) is 41.7 Å². The van der Waals surface area contributed by atoms with E-state index in [1.807, 2.05) is 61.9 Å². The predicted octanol–water partition coefficient (Wildman–Crippen LogP) is 4.67. The molecule has 1 aliphatic carbocycles. The molecule has 2 N–H and O–H groups in total. The second-order valence-corrected chi connectivity index (χ2v) is 9.46. The fourth-order valence-corrected chi connectivity index (χ4v) is 5.23. The zero-order valence-corrected chi connectivity index (χ0v) is 19.6. The summed E-state index contributed by atoms with van der Waals surface area (Å²) in [5.41, 5.74) is 6.15. The number of H-pyrrole nitrogens is 1. The van der Waals surface area contributed by atoms with E-state index in [0.29, 0.717) is 11.5 Å². The molecule has 4 heterocycles. The maximum atomic E-state index is 13.2. The number of imidazole rings is 1. The summed E-state index contributed by atoms with van der Waals surface area (Å²) in [5, 5.41) is 11.8. The van der Waals surface area contributed by atoms with E-state index in [4.69, 9.17) is 0 Å². The second kappa shape index (κ2) is 8.94. The van der Waals surface area contributed by atoms with Crippen LogP contribution in [0.4, 0.5) is 0 Å². The number of carbonyl (C=O) groups is 1. The molecule has 6 rings (SSSR count). The largest absolute Gasteiger partial charge is 0.349 e. The molecule has 0 aliphatic heterocycles. The standard InChI is InChI=1S/C27H27N7O/c1-17-12-19(9-11-28-17)25-22-14-20(7-8-23(22)32-33-25)27(35)31-21-5-2-4-18(13-21)15-34-16-30-24-6-3-10-29-26(24)34/h3,6-12,14,16,18,21H,2,4-5,13,15H2,1H3,(H,31,35)(H,32,33). The molecule has 2 atom stereocenters. The number of pyridine rings is 2. The Bertz CT molecular complexity index is 1520. The average molecular weight is 466 g/mol. The SMILES string of the molecule is Cc1cc(-c2n[nH]c3ccc(C(=O)NC4CCCC(Cn5cnc6cccnc65)C4)cc23)ccn1. The normalized spacial score (nSPS) is 18.2. The van der Waals surface area contributed by atoms with Crippen LogP contribution >= 0.6 is 0 Å². The highest BCUT2D eigenvalue weighted by Gasteiger charge is 2.25. The van der Waals surface area contributed by atoms with Gasteiger partial charge in [-0.15, -0.1) is 0 Å². The van der Waals surface area contributed by atoms with Gasteiger partial charge in [-0.25, -0.2) is 9.97 Å². The van der Waals surface area contributed by atoms with Gasteiger partial charge in [0.25, 0.3) is 5.91 Å². The van der Waals surface area contributed by atoms with Crippen molar-refractivity contribution >= 4 is 28.0 Å². The van der Waals surface area contributed by atoms with Crippen LogP contribution in [0.3, 0.4) is 0 Å². The quantitative estimate of drug-likeness (QED) is 0.393. The van der Waals surface area contributed by atoms with Crippen LogP contribution in [0.5, 0.6) is 0 Å². The van der Waals surface area contributed by atoms with Crippen LogP contribution in [0.15, 0.2) is 61.2 Å². The molecule has 8 heteroatoms. The zero-order valence-electron chi connectivity index (χ0n) is 19.6. The van der Waals surface area contributed by atoms with Crippen LogP contribution in [0.2, 0.25) is 0 Å². The van der Waals surface area contributed by atoms with Crippen molar-refractivity contribution in [1.29, 1.82) is 0 Å². The molecule has 1 saturated carbocycles. The van der Waals surface area contributed by atoms with E-state index in [9.17, 15) is 4.79 Å². The van der Waals surface area contributed by atoms with Gasteiger partial charge < -0.3 is 9.88 Å². The molecular weight excluding hydrogens is 438 g/mol. The van der Waals surface area contributed by atoms with Crippen LogP contribution < -0.4 is 5.32 Å². The van der Waals surface area contributed by atoms with Gasteiger partial charge in [-0.1, -0.05) is 6.42 Å². The smallest absolute Gasteiger partial charge is 0.251 e. The third-order valence-electron chi connectivity index (χ3n) is 6.94. The lowest BCUT2D eigenvalue weighted by molar-refractivity contribution is 0.0918. The minimum absolute atomic E-state index is 0.0367. The first-order chi connectivity index (χ1) is 17.1. The fraction of sp³-hybridized carbons (Fsp3) is 0.296. The zero-order chi connectivity index (χ0) is 23.8. The number of hydrogen-bond acceptors (Lipinski definition) is 5. The van der Waals surface area contributed by atoms with Crippen molar-refractivity contribution in [3.05, 3.63) is 72.4 Å². The third kappa shape index (κ3) is 4.27. The molecule has 0 saturated heterocycles. The van der Waals surface area contributed by atoms with Gasteiger partial charge in [0.1, 0.15) is 11.2 Å². The molecule has 1 aliphatic rings. The summed E-state index contributed by atoms with van der Waals surface area (Å²) in [6, 6.07) is 13.7. The number of hydrogen-bond donors (Lipinski definition) is 2. The summed E-state index contributed by atoms with van der Waals surface area (Å²) in [4.78, 5) is 26.4. The van der Waals surface area contributed by atoms with Gasteiger partial charge in [0.05, 0.1) is 11.8 Å². The van der Waals surface area contributed by atoms with E-state index in [1.54, 1.807) is 6.20 Å². The molecule has 2 unspecified atom stereocenters. The third-order valence-corrected chi connectivity index (χ3v) is 6.94. The number of aromatic amines is 1. The molecule has 1 amide bonds. The number of carbonyl (C=O) groups excluding carboxylic acids is 1. The first kappa shape index (κ1) is 21.5. The molecule has 8 nitrogen and oxygen atoms in total. The van der Waals surface area contributed by atoms with Crippen molar-refractivity contribution in [2.45, 2.75) is 45.2 Å². The highest BCUT2D eigenvalue weighted by Crippen LogP contribution is 2.29. The van der Waals surface area contributed by atoms with Crippen molar-refractivity contribution in [3.8, 4) is 11.3 Å². The minimum atomic E-state index is -0.0367. The van der Waals surface area contributed by atoms with Gasteiger partial charge in [-0.3, -0.25) is 14.9 Å². The van der Waals surface area contributed by atoms with Gasteiger partial charge in [-0.2, -0.15) is 5.10 Å². The Kier molecular flexibility index (Phi) is 5.48. The number of rotatable bonds is 5. The molecule has 5 aromatic rings. The Morgan fingerprint density at radius 2 is 2.06 bits per heavy atom. The van der Waals surface area contributed by atoms with Gasteiger partial charge in [0.15, 0.2) is 5.65 Å². The average Bonchev–Trinajstić information content (AvgIpc) is 3.48. The Labute approximate surface area is 202 Å². The Hall–Kier alpha value is -4.07. The maximum Gasteiger partial charge on any atom is 0.251 e. The van der Waals surface area contributed by atoms with Crippen molar-refractivity contribution < 1.29 is 4.79 Å². The summed E-state index contributed by atoms with van der Waals surface area (Å²) in [6.07, 6.45) is 9.67. The summed E-state index contributed by atoms with van der Waals surface area (Å²) < 4.78 is 2.14. The second-order valence-electron chi connectivity index (χ2n) is 9.46. The van der Waals surface area contributed by atoms with Crippen molar-refractivity contribution in [2.24, 2.45) is 5.92 Å². The molecular formula is C27H27N7O. The fourth-order valence-electron chi connectivity index (χ4n) is 5.23. The summed E-state index contributed by atoms with van der Waals surface area (Å²) in [7, 11) is 0. The van der Waals surface area contributed by atoms with E-state index in [2.05, 4.69) is 35.0 Å². The van der Waals surface area contributed by atoms with E-state index in [1.165, 1.54) is 0 Å². The molecule has 1 aromatic carbocycles. The Morgan fingerprint density at radius 3 is 2.97 bits per heavy atom. The van der Waals surface area contributed by atoms with Crippen molar-refractivity contribution in [2.75, 3.05) is 0 Å². The number of aryl methyl sites for hydroxylation is 1. The van der Waals surface area contributed by atoms with Crippen molar-refractivity contribution in [3.63, 3.8) is 0 Å². The summed E-state index contributed by atoms with van der Waals surface area (Å²) >= 11 is 0. The lowest BCUT2D eigenvalue weighted by Gasteiger charge is -2.30. The molecule has 0 radical (unpaired) electrons. The first-order valence-corrected chi connectivity index (χ1v) is 12.1. The first-order valence-electron chi connectivity index (χ1n) is 12.1. The number of nitrogens with one attached hydrogen (secondary N) is 2. The number of aromatic nitrogens is 6. The van der Waals surface area contributed by atoms with E-state index < -0.39 is 0 Å². The number of fused-ring (bicyclic) bond motifs is 2.